The van der Waals surface area contributed by atoms with Gasteiger partial charge in [0.25, 0.3) is 0 Å². The highest BCUT2D eigenvalue weighted by molar-refractivity contribution is 5.97. The van der Waals surface area contributed by atoms with Gasteiger partial charge in [-0.05, 0) is 65.8 Å². The third-order valence-electron chi connectivity index (χ3n) is 4.44. The lowest BCUT2D eigenvalue weighted by atomic mass is 9.88. The van der Waals surface area contributed by atoms with Crippen molar-refractivity contribution in [2.24, 2.45) is 5.73 Å². The summed E-state index contributed by atoms with van der Waals surface area (Å²) < 4.78 is 0. The van der Waals surface area contributed by atoms with Crippen LogP contribution in [-0.4, -0.2) is 0 Å². The summed E-state index contributed by atoms with van der Waals surface area (Å²) in [6.45, 7) is 12.4. The van der Waals surface area contributed by atoms with Crippen LogP contribution >= 0.6 is 0 Å². The van der Waals surface area contributed by atoms with E-state index in [0.29, 0.717) is 6.54 Å². The van der Waals surface area contributed by atoms with Crippen LogP contribution in [0, 0.1) is 13.8 Å². The maximum Gasteiger partial charge on any atom is 0.0362 e. The number of hydrogen-bond acceptors (Lipinski definition) is 2. The second-order valence-corrected chi connectivity index (χ2v) is 6.42. The van der Waals surface area contributed by atoms with Crippen molar-refractivity contribution in [3.05, 3.63) is 102 Å². The van der Waals surface area contributed by atoms with Gasteiger partial charge in [-0.3, -0.25) is 0 Å². The molecule has 0 radical (unpaired) electrons. The summed E-state index contributed by atoms with van der Waals surface area (Å²) in [6, 6.07) is 12.6. The predicted molar refractivity (Wildman–Crippen MR) is 116 cm³/mol. The maximum absolute atomic E-state index is 6.12. The van der Waals surface area contributed by atoms with Gasteiger partial charge in [-0.25, -0.2) is 0 Å². The Morgan fingerprint density at radius 2 is 1.88 bits per heavy atom. The number of nitrogen functional groups attached to an aromatic ring is 1. The van der Waals surface area contributed by atoms with Crippen LogP contribution in [0.2, 0.25) is 0 Å². The molecule has 2 aromatic carbocycles. The molecule has 0 unspecified atom stereocenters. The van der Waals surface area contributed by atoms with Crippen molar-refractivity contribution in [2.75, 3.05) is 5.73 Å². The zero-order valence-corrected chi connectivity index (χ0v) is 15.8. The molecule has 0 aliphatic rings. The monoisotopic (exact) mass is 344 g/mol. The summed E-state index contributed by atoms with van der Waals surface area (Å²) in [4.78, 5) is 0. The van der Waals surface area contributed by atoms with E-state index in [4.69, 9.17) is 11.5 Å². The van der Waals surface area contributed by atoms with Crippen molar-refractivity contribution >= 4 is 16.8 Å². The third-order valence-corrected chi connectivity index (χ3v) is 4.44. The van der Waals surface area contributed by atoms with Crippen LogP contribution in [0.5, 0.6) is 0 Å². The molecule has 0 saturated carbocycles. The highest BCUT2D eigenvalue weighted by atomic mass is 14.6. The average molecular weight is 345 g/mol. The number of aryl methyl sites for hydroxylation is 2. The molecular formula is C24H28N2. The Hall–Kier alpha value is -2.84. The van der Waals surface area contributed by atoms with E-state index in [2.05, 4.69) is 63.4 Å². The van der Waals surface area contributed by atoms with E-state index in [1.54, 1.807) is 6.08 Å². The van der Waals surface area contributed by atoms with Crippen LogP contribution in [0.25, 0.3) is 11.1 Å². The van der Waals surface area contributed by atoms with Crippen molar-refractivity contribution in [1.82, 2.24) is 0 Å². The smallest absolute Gasteiger partial charge is 0.0362 e. The fourth-order valence-corrected chi connectivity index (χ4v) is 3.12. The molecule has 0 atom stereocenters. The first-order valence-corrected chi connectivity index (χ1v) is 8.81. The van der Waals surface area contributed by atoms with Crippen LogP contribution in [0.1, 0.15) is 34.2 Å². The lowest BCUT2D eigenvalue weighted by Gasteiger charge is -2.17. The number of benzene rings is 2. The lowest BCUT2D eigenvalue weighted by molar-refractivity contribution is 1.07. The SMILES string of the molecule is C=C/C=C\C(=C(/CC=C)c1cccc(C)c1)c1cc(CN)c(N)cc1C. The van der Waals surface area contributed by atoms with E-state index in [1.807, 2.05) is 18.2 Å². The minimum absolute atomic E-state index is 0.415. The van der Waals surface area contributed by atoms with E-state index < -0.39 is 0 Å². The molecule has 0 spiro atoms. The zero-order valence-electron chi connectivity index (χ0n) is 15.8. The second kappa shape index (κ2) is 9.02. The minimum atomic E-state index is 0.415. The van der Waals surface area contributed by atoms with Gasteiger partial charge in [-0.2, -0.15) is 0 Å². The minimum Gasteiger partial charge on any atom is -0.398 e. The number of rotatable bonds is 7. The van der Waals surface area contributed by atoms with E-state index in [1.165, 1.54) is 16.7 Å². The van der Waals surface area contributed by atoms with Crippen molar-refractivity contribution in [1.29, 1.82) is 0 Å². The molecule has 2 rings (SSSR count). The first-order valence-electron chi connectivity index (χ1n) is 8.81. The Morgan fingerprint density at radius 3 is 2.50 bits per heavy atom. The first kappa shape index (κ1) is 19.5. The Morgan fingerprint density at radius 1 is 1.12 bits per heavy atom. The third kappa shape index (κ3) is 4.41. The van der Waals surface area contributed by atoms with E-state index in [9.17, 15) is 0 Å². The summed E-state index contributed by atoms with van der Waals surface area (Å²) in [5.41, 5.74) is 20.7. The van der Waals surface area contributed by atoms with Crippen molar-refractivity contribution in [2.45, 2.75) is 26.8 Å². The van der Waals surface area contributed by atoms with Crippen LogP contribution in [0.3, 0.4) is 0 Å². The van der Waals surface area contributed by atoms with Gasteiger partial charge in [0, 0.05) is 12.2 Å². The molecule has 2 aromatic rings. The van der Waals surface area contributed by atoms with E-state index in [-0.39, 0.29) is 0 Å². The molecule has 0 amide bonds. The molecule has 2 nitrogen and oxygen atoms in total. The van der Waals surface area contributed by atoms with E-state index >= 15 is 0 Å². The van der Waals surface area contributed by atoms with Gasteiger partial charge in [-0.15, -0.1) is 6.58 Å². The molecule has 0 aromatic heterocycles. The molecule has 0 bridgehead atoms. The first-order chi connectivity index (χ1) is 12.5. The van der Waals surface area contributed by atoms with Crippen molar-refractivity contribution in [3.8, 4) is 0 Å². The highest BCUT2D eigenvalue weighted by Crippen LogP contribution is 2.34. The predicted octanol–water partition coefficient (Wildman–Crippen LogP) is 5.57. The largest absolute Gasteiger partial charge is 0.398 e. The Labute approximate surface area is 157 Å². The quantitative estimate of drug-likeness (QED) is 0.298. The van der Waals surface area contributed by atoms with Gasteiger partial charge >= 0.3 is 0 Å². The van der Waals surface area contributed by atoms with Crippen LogP contribution < -0.4 is 11.5 Å². The molecule has 0 aliphatic heterocycles. The molecule has 2 heteroatoms. The van der Waals surface area contributed by atoms with Gasteiger partial charge in [0.15, 0.2) is 0 Å². The molecular weight excluding hydrogens is 316 g/mol. The zero-order chi connectivity index (χ0) is 19.1. The van der Waals surface area contributed by atoms with Gasteiger partial charge in [0.1, 0.15) is 0 Å². The summed E-state index contributed by atoms with van der Waals surface area (Å²) in [6.07, 6.45) is 8.56. The van der Waals surface area contributed by atoms with Crippen LogP contribution in [0.15, 0.2) is 73.9 Å². The fourth-order valence-electron chi connectivity index (χ4n) is 3.12. The van der Waals surface area contributed by atoms with Crippen molar-refractivity contribution < 1.29 is 0 Å². The number of hydrogen-bond donors (Lipinski definition) is 2. The molecule has 4 N–H and O–H groups in total. The van der Waals surface area contributed by atoms with Gasteiger partial charge in [-0.1, -0.05) is 60.7 Å². The number of anilines is 1. The normalized spacial score (nSPS) is 12.1. The summed E-state index contributed by atoms with van der Waals surface area (Å²) in [7, 11) is 0. The highest BCUT2D eigenvalue weighted by Gasteiger charge is 2.13. The van der Waals surface area contributed by atoms with Gasteiger partial charge in [0.2, 0.25) is 0 Å². The topological polar surface area (TPSA) is 52.0 Å². The fraction of sp³-hybridized carbons (Fsp3) is 0.167. The van der Waals surface area contributed by atoms with Crippen LogP contribution in [-0.2, 0) is 6.54 Å². The standard InChI is InChI=1S/C24H28N2/c1-5-7-12-22(23-15-20(16-25)24(26)14-18(23)4)21(9-6-2)19-11-8-10-17(3)13-19/h5-8,10-15H,1-2,9,16,25-26H2,3-4H3/b12-7-,22-21-. The lowest BCUT2D eigenvalue weighted by Crippen LogP contribution is -2.04. The Balaban J connectivity index is 2.82. The summed E-state index contributed by atoms with van der Waals surface area (Å²) in [5.74, 6) is 0. The average Bonchev–Trinajstić information content (AvgIpc) is 2.62. The van der Waals surface area contributed by atoms with Crippen LogP contribution in [0.4, 0.5) is 5.69 Å². The van der Waals surface area contributed by atoms with Gasteiger partial charge < -0.3 is 11.5 Å². The second-order valence-electron chi connectivity index (χ2n) is 6.42. The Bertz CT molecular complexity index is 870. The van der Waals surface area contributed by atoms with E-state index in [0.717, 1.165) is 34.4 Å². The molecule has 0 fully saturated rings. The molecule has 26 heavy (non-hydrogen) atoms. The number of nitrogens with two attached hydrogens (primary N) is 2. The maximum atomic E-state index is 6.12. The molecule has 0 saturated heterocycles. The molecule has 134 valence electrons. The Kier molecular flexibility index (Phi) is 6.76. The molecule has 0 heterocycles. The number of allylic oxidation sites excluding steroid dienone is 6. The summed E-state index contributed by atoms with van der Waals surface area (Å²) in [5, 5.41) is 0. The van der Waals surface area contributed by atoms with Gasteiger partial charge in [0.05, 0.1) is 0 Å². The summed E-state index contributed by atoms with van der Waals surface area (Å²) >= 11 is 0. The van der Waals surface area contributed by atoms with Crippen molar-refractivity contribution in [3.63, 3.8) is 0 Å². The molecule has 0 aliphatic carbocycles.